The van der Waals surface area contributed by atoms with Crippen LogP contribution in [-0.4, -0.2) is 52.0 Å². The molecular formula is C14H19N3O5S. The van der Waals surface area contributed by atoms with Crippen LogP contribution in [0.5, 0.6) is 0 Å². The third-order valence-corrected chi connectivity index (χ3v) is 5.77. The molecule has 3 atom stereocenters. The van der Waals surface area contributed by atoms with Crippen molar-refractivity contribution in [3.05, 3.63) is 0 Å². The average molecular weight is 341 g/mol. The van der Waals surface area contributed by atoms with Gasteiger partial charge in [0.1, 0.15) is 0 Å². The fourth-order valence-corrected chi connectivity index (χ4v) is 4.61. The van der Waals surface area contributed by atoms with Crippen LogP contribution < -0.4 is 10.6 Å². The number of carbonyl (C=O) groups is 4. The van der Waals surface area contributed by atoms with E-state index in [1.54, 1.807) is 0 Å². The molecule has 23 heavy (non-hydrogen) atoms. The van der Waals surface area contributed by atoms with Crippen molar-refractivity contribution in [2.45, 2.75) is 55.9 Å². The topological polar surface area (TPSA) is 105 Å². The van der Waals surface area contributed by atoms with Crippen molar-refractivity contribution < 1.29 is 24.0 Å². The molecule has 0 aromatic rings. The summed E-state index contributed by atoms with van der Waals surface area (Å²) in [6.07, 6.45) is 2.75. The number of fused-ring (bicyclic) bond motifs is 1. The largest absolute Gasteiger partial charge is 0.333 e. The Hall–Kier alpha value is -1.77. The van der Waals surface area contributed by atoms with Gasteiger partial charge in [-0.2, -0.15) is 11.8 Å². The van der Waals surface area contributed by atoms with Crippen LogP contribution in [0.25, 0.3) is 0 Å². The second-order valence-corrected chi connectivity index (χ2v) is 7.18. The molecule has 3 aliphatic rings. The smallest absolute Gasteiger partial charge is 0.332 e. The van der Waals surface area contributed by atoms with Crippen LogP contribution in [0.2, 0.25) is 0 Å². The molecular weight excluding hydrogens is 322 g/mol. The molecule has 0 saturated carbocycles. The summed E-state index contributed by atoms with van der Waals surface area (Å²) in [6.45, 7) is 0. The maximum Gasteiger partial charge on any atom is 0.333 e. The molecule has 0 unspecified atom stereocenters. The van der Waals surface area contributed by atoms with Crippen molar-refractivity contribution in [3.63, 3.8) is 0 Å². The number of hydrogen-bond donors (Lipinski definition) is 2. The van der Waals surface area contributed by atoms with Gasteiger partial charge in [-0.15, -0.1) is 5.06 Å². The number of carbonyl (C=O) groups excluding carboxylic acids is 4. The molecule has 3 fully saturated rings. The van der Waals surface area contributed by atoms with E-state index in [1.165, 1.54) is 0 Å². The first-order valence-corrected chi connectivity index (χ1v) is 8.84. The Balaban J connectivity index is 1.34. The second kappa shape index (κ2) is 6.77. The molecule has 0 spiro atoms. The number of nitrogens with zero attached hydrogens (tertiary/aromatic N) is 1. The summed E-state index contributed by atoms with van der Waals surface area (Å²) in [4.78, 5) is 50.5. The zero-order chi connectivity index (χ0) is 16.4. The maximum absolute atomic E-state index is 11.7. The molecule has 0 aromatic carbocycles. The Bertz CT molecular complexity index is 525. The SMILES string of the molecule is O=C1N[C@@H]2[C@H](CCCCC(=O)ON3C(=O)CCC3=O)SC[C@H]2N1. The lowest BCUT2D eigenvalue weighted by Gasteiger charge is -2.16. The van der Waals surface area contributed by atoms with Gasteiger partial charge in [0.25, 0.3) is 11.8 Å². The molecule has 2 N–H and O–H groups in total. The van der Waals surface area contributed by atoms with Gasteiger partial charge in [0, 0.05) is 30.3 Å². The highest BCUT2D eigenvalue weighted by Gasteiger charge is 2.42. The number of nitrogens with one attached hydrogen (secondary N) is 2. The summed E-state index contributed by atoms with van der Waals surface area (Å²) in [5, 5.41) is 6.76. The second-order valence-electron chi connectivity index (χ2n) is 5.91. The van der Waals surface area contributed by atoms with Crippen molar-refractivity contribution in [3.8, 4) is 0 Å². The van der Waals surface area contributed by atoms with Crippen LogP contribution in [0.3, 0.4) is 0 Å². The molecule has 9 heteroatoms. The lowest BCUT2D eigenvalue weighted by atomic mass is 10.0. The van der Waals surface area contributed by atoms with Crippen LogP contribution >= 0.6 is 11.8 Å². The fraction of sp³-hybridized carbons (Fsp3) is 0.714. The predicted molar refractivity (Wildman–Crippen MR) is 81.1 cm³/mol. The van der Waals surface area contributed by atoms with E-state index in [0.29, 0.717) is 16.7 Å². The summed E-state index contributed by atoms with van der Waals surface area (Å²) in [5.74, 6) is -0.557. The van der Waals surface area contributed by atoms with Crippen molar-refractivity contribution in [1.29, 1.82) is 0 Å². The van der Waals surface area contributed by atoms with Crippen molar-refractivity contribution >= 4 is 35.6 Å². The van der Waals surface area contributed by atoms with E-state index >= 15 is 0 Å². The molecule has 0 aromatic heterocycles. The first kappa shape index (κ1) is 16.1. The van der Waals surface area contributed by atoms with Gasteiger partial charge >= 0.3 is 12.0 Å². The van der Waals surface area contributed by atoms with E-state index in [0.717, 1.165) is 18.6 Å². The minimum Gasteiger partial charge on any atom is -0.332 e. The Kier molecular flexibility index (Phi) is 4.74. The minimum atomic E-state index is -0.554. The highest BCUT2D eigenvalue weighted by Crippen LogP contribution is 2.33. The molecule has 126 valence electrons. The van der Waals surface area contributed by atoms with Crippen LogP contribution in [0.1, 0.15) is 38.5 Å². The van der Waals surface area contributed by atoms with E-state index in [-0.39, 0.29) is 37.4 Å². The molecule has 3 aliphatic heterocycles. The number of urea groups is 1. The highest BCUT2D eigenvalue weighted by molar-refractivity contribution is 8.00. The number of hydroxylamine groups is 2. The fourth-order valence-electron chi connectivity index (χ4n) is 3.06. The monoisotopic (exact) mass is 341 g/mol. The number of unbranched alkanes of at least 4 members (excludes halogenated alkanes) is 1. The lowest BCUT2D eigenvalue weighted by Crippen LogP contribution is -2.36. The average Bonchev–Trinajstić information content (AvgIpc) is 3.14. The van der Waals surface area contributed by atoms with Gasteiger partial charge in [-0.1, -0.05) is 6.42 Å². The van der Waals surface area contributed by atoms with Crippen molar-refractivity contribution in [2.75, 3.05) is 5.75 Å². The molecule has 3 heterocycles. The maximum atomic E-state index is 11.7. The Labute approximate surface area is 137 Å². The third kappa shape index (κ3) is 3.60. The van der Waals surface area contributed by atoms with Gasteiger partial charge in [-0.3, -0.25) is 9.59 Å². The number of hydrogen-bond acceptors (Lipinski definition) is 6. The third-order valence-electron chi connectivity index (χ3n) is 4.26. The van der Waals surface area contributed by atoms with Gasteiger partial charge < -0.3 is 15.5 Å². The number of imide groups is 1. The van der Waals surface area contributed by atoms with E-state index in [4.69, 9.17) is 4.84 Å². The summed E-state index contributed by atoms with van der Waals surface area (Å²) in [5.41, 5.74) is 0. The summed E-state index contributed by atoms with van der Waals surface area (Å²) in [6, 6.07) is 0.266. The normalized spacial score (nSPS) is 29.5. The van der Waals surface area contributed by atoms with Crippen molar-refractivity contribution in [1.82, 2.24) is 15.7 Å². The molecule has 0 aliphatic carbocycles. The molecule has 8 nitrogen and oxygen atoms in total. The van der Waals surface area contributed by atoms with E-state index in [9.17, 15) is 19.2 Å². The zero-order valence-corrected chi connectivity index (χ0v) is 13.4. The van der Waals surface area contributed by atoms with Gasteiger partial charge in [-0.05, 0) is 12.8 Å². The van der Waals surface area contributed by atoms with Crippen molar-refractivity contribution in [2.24, 2.45) is 0 Å². The van der Waals surface area contributed by atoms with E-state index in [2.05, 4.69) is 10.6 Å². The van der Waals surface area contributed by atoms with E-state index < -0.39 is 17.8 Å². The minimum absolute atomic E-state index is 0.103. The highest BCUT2D eigenvalue weighted by atomic mass is 32.2. The predicted octanol–water partition coefficient (Wildman–Crippen LogP) is 0.319. The summed E-state index contributed by atoms with van der Waals surface area (Å²) >= 11 is 1.83. The van der Waals surface area contributed by atoms with Gasteiger partial charge in [0.05, 0.1) is 12.1 Å². The first-order valence-electron chi connectivity index (χ1n) is 7.80. The Morgan fingerprint density at radius 1 is 1.17 bits per heavy atom. The van der Waals surface area contributed by atoms with Gasteiger partial charge in [0.15, 0.2) is 0 Å². The summed E-state index contributed by atoms with van der Waals surface area (Å²) in [7, 11) is 0. The number of rotatable bonds is 6. The quantitative estimate of drug-likeness (QED) is 0.409. The van der Waals surface area contributed by atoms with Crippen LogP contribution in [-0.2, 0) is 19.2 Å². The van der Waals surface area contributed by atoms with Crippen LogP contribution in [0, 0.1) is 0 Å². The number of amides is 4. The van der Waals surface area contributed by atoms with Gasteiger partial charge in [-0.25, -0.2) is 9.59 Å². The summed E-state index contributed by atoms with van der Waals surface area (Å²) < 4.78 is 0. The Morgan fingerprint density at radius 2 is 1.91 bits per heavy atom. The zero-order valence-electron chi connectivity index (χ0n) is 12.6. The standard InChI is InChI=1S/C14H19N3O5S/c18-10-5-6-11(19)17(10)22-12(20)4-2-1-3-9-13-8(7-23-9)15-14(21)16-13/h8-9,13H,1-7H2,(H2,15,16,21)/t8-,9+,13+/m1/s1. The lowest BCUT2D eigenvalue weighted by molar-refractivity contribution is -0.197. The van der Waals surface area contributed by atoms with Gasteiger partial charge in [0.2, 0.25) is 0 Å². The van der Waals surface area contributed by atoms with E-state index in [1.807, 2.05) is 11.8 Å². The molecule has 3 rings (SSSR count). The first-order chi connectivity index (χ1) is 11.0. The number of thioether (sulfide) groups is 1. The van der Waals surface area contributed by atoms with Crippen LogP contribution in [0.15, 0.2) is 0 Å². The molecule has 0 bridgehead atoms. The Morgan fingerprint density at radius 3 is 2.65 bits per heavy atom. The van der Waals surface area contributed by atoms with Crippen LogP contribution in [0.4, 0.5) is 4.79 Å². The molecule has 3 saturated heterocycles. The molecule has 4 amide bonds. The molecule has 0 radical (unpaired) electrons.